The van der Waals surface area contributed by atoms with Crippen molar-refractivity contribution in [2.75, 3.05) is 0 Å². The van der Waals surface area contributed by atoms with E-state index in [2.05, 4.69) is 52.8 Å². The fourth-order valence-electron chi connectivity index (χ4n) is 2.38. The van der Waals surface area contributed by atoms with E-state index in [4.69, 9.17) is 0 Å². The summed E-state index contributed by atoms with van der Waals surface area (Å²) in [6, 6.07) is 14.5. The highest BCUT2D eigenvalue weighted by Gasteiger charge is 2.06. The molecule has 3 aromatic heterocycles. The zero-order valence-corrected chi connectivity index (χ0v) is 9.67. The van der Waals surface area contributed by atoms with Crippen LogP contribution in [0, 0.1) is 0 Å². The molecule has 0 aliphatic heterocycles. The number of H-pyrrole nitrogens is 1. The van der Waals surface area contributed by atoms with Gasteiger partial charge in [-0.3, -0.25) is 0 Å². The molecule has 1 aromatic carbocycles. The first-order valence-corrected chi connectivity index (χ1v) is 5.92. The third-order valence-corrected chi connectivity index (χ3v) is 3.30. The monoisotopic (exact) mass is 233 g/mol. The Balaban J connectivity index is 2.00. The molecule has 0 fully saturated rings. The topological polar surface area (TPSA) is 33.1 Å². The number of fused-ring (bicyclic) bond motifs is 2. The molecule has 0 bridgehead atoms. The standard InChI is InChI=1S/C15H11N3/c1-2-4-15-13(3-1)14(9-16-15)11-5-6-12-7-8-17-18(12)10-11/h1-10,16H. The summed E-state index contributed by atoms with van der Waals surface area (Å²) in [5, 5.41) is 5.52. The van der Waals surface area contributed by atoms with Crippen molar-refractivity contribution in [1.29, 1.82) is 0 Å². The fraction of sp³-hybridized carbons (Fsp3) is 0. The highest BCUT2D eigenvalue weighted by molar-refractivity contribution is 5.95. The Morgan fingerprint density at radius 1 is 1.00 bits per heavy atom. The van der Waals surface area contributed by atoms with E-state index in [-0.39, 0.29) is 0 Å². The Morgan fingerprint density at radius 2 is 1.94 bits per heavy atom. The van der Waals surface area contributed by atoms with Gasteiger partial charge >= 0.3 is 0 Å². The average molecular weight is 233 g/mol. The van der Waals surface area contributed by atoms with Gasteiger partial charge in [0.1, 0.15) is 0 Å². The van der Waals surface area contributed by atoms with Crippen LogP contribution in [0.2, 0.25) is 0 Å². The molecule has 0 aliphatic carbocycles. The molecule has 0 unspecified atom stereocenters. The molecule has 18 heavy (non-hydrogen) atoms. The number of nitrogens with one attached hydrogen (secondary N) is 1. The molecule has 0 amide bonds. The normalized spacial score (nSPS) is 11.3. The quantitative estimate of drug-likeness (QED) is 0.536. The van der Waals surface area contributed by atoms with Gasteiger partial charge in [0.05, 0.1) is 5.52 Å². The van der Waals surface area contributed by atoms with Crippen LogP contribution in [0.25, 0.3) is 27.5 Å². The Hall–Kier alpha value is -2.55. The second-order valence-electron chi connectivity index (χ2n) is 4.37. The van der Waals surface area contributed by atoms with Gasteiger partial charge < -0.3 is 4.98 Å². The number of nitrogens with zero attached hydrogens (tertiary/aromatic N) is 2. The molecule has 1 N–H and O–H groups in total. The van der Waals surface area contributed by atoms with Gasteiger partial charge in [-0.15, -0.1) is 0 Å². The second-order valence-corrected chi connectivity index (χ2v) is 4.37. The van der Waals surface area contributed by atoms with Crippen LogP contribution >= 0.6 is 0 Å². The molecule has 0 radical (unpaired) electrons. The summed E-state index contributed by atoms with van der Waals surface area (Å²) in [6.45, 7) is 0. The molecule has 3 heteroatoms. The number of hydrogen-bond donors (Lipinski definition) is 1. The van der Waals surface area contributed by atoms with Gasteiger partial charge in [-0.25, -0.2) is 4.52 Å². The van der Waals surface area contributed by atoms with E-state index < -0.39 is 0 Å². The molecule has 0 aliphatic rings. The summed E-state index contributed by atoms with van der Waals surface area (Å²) < 4.78 is 1.90. The molecule has 3 heterocycles. The Kier molecular flexibility index (Phi) is 1.83. The van der Waals surface area contributed by atoms with Crippen LogP contribution in [-0.4, -0.2) is 14.6 Å². The maximum Gasteiger partial charge on any atom is 0.0661 e. The van der Waals surface area contributed by atoms with Gasteiger partial charge in [0.15, 0.2) is 0 Å². The van der Waals surface area contributed by atoms with Crippen LogP contribution in [-0.2, 0) is 0 Å². The van der Waals surface area contributed by atoms with E-state index in [0.29, 0.717) is 0 Å². The first-order chi connectivity index (χ1) is 8.92. The molecule has 4 aromatic rings. The first kappa shape index (κ1) is 9.48. The summed E-state index contributed by atoms with van der Waals surface area (Å²) in [4.78, 5) is 3.30. The highest BCUT2D eigenvalue weighted by atomic mass is 15.2. The Morgan fingerprint density at radius 3 is 2.94 bits per heavy atom. The van der Waals surface area contributed by atoms with Crippen LogP contribution in [0.15, 0.2) is 61.1 Å². The van der Waals surface area contributed by atoms with Gasteiger partial charge in [0, 0.05) is 40.6 Å². The maximum atomic E-state index is 4.28. The number of benzene rings is 1. The lowest BCUT2D eigenvalue weighted by Crippen LogP contribution is -1.87. The number of aromatic nitrogens is 3. The van der Waals surface area contributed by atoms with Crippen molar-refractivity contribution in [3.8, 4) is 11.1 Å². The molecular formula is C15H11N3. The third kappa shape index (κ3) is 1.27. The zero-order valence-electron chi connectivity index (χ0n) is 9.67. The molecular weight excluding hydrogens is 222 g/mol. The molecule has 0 saturated heterocycles. The maximum absolute atomic E-state index is 4.28. The lowest BCUT2D eigenvalue weighted by Gasteiger charge is -2.01. The summed E-state index contributed by atoms with van der Waals surface area (Å²) >= 11 is 0. The van der Waals surface area contributed by atoms with Crippen molar-refractivity contribution < 1.29 is 0 Å². The summed E-state index contributed by atoms with van der Waals surface area (Å²) in [5.41, 5.74) is 4.65. The van der Waals surface area contributed by atoms with Crippen molar-refractivity contribution in [3.05, 3.63) is 61.1 Å². The molecule has 0 saturated carbocycles. The lowest BCUT2D eigenvalue weighted by atomic mass is 10.1. The smallest absolute Gasteiger partial charge is 0.0661 e. The second kappa shape index (κ2) is 3.47. The van der Waals surface area contributed by atoms with E-state index in [1.54, 1.807) is 0 Å². The summed E-state index contributed by atoms with van der Waals surface area (Å²) in [6.07, 6.45) is 5.93. The zero-order chi connectivity index (χ0) is 11.9. The Labute approximate surface area is 104 Å². The highest BCUT2D eigenvalue weighted by Crippen LogP contribution is 2.28. The molecule has 86 valence electrons. The van der Waals surface area contributed by atoms with Gasteiger partial charge in [-0.05, 0) is 18.2 Å². The SMILES string of the molecule is c1ccc2c(-c3ccc4ccnn4c3)c[nH]c2c1. The van der Waals surface area contributed by atoms with Gasteiger partial charge in [-0.1, -0.05) is 24.3 Å². The number of hydrogen-bond acceptors (Lipinski definition) is 1. The van der Waals surface area contributed by atoms with Crippen molar-refractivity contribution in [2.24, 2.45) is 0 Å². The molecule has 0 atom stereocenters. The van der Waals surface area contributed by atoms with Crippen molar-refractivity contribution >= 4 is 16.4 Å². The van der Waals surface area contributed by atoms with Gasteiger partial charge in [-0.2, -0.15) is 5.10 Å². The minimum atomic E-state index is 1.11. The molecule has 3 nitrogen and oxygen atoms in total. The lowest BCUT2D eigenvalue weighted by molar-refractivity contribution is 0.963. The Bertz CT molecular complexity index is 839. The summed E-state index contributed by atoms with van der Waals surface area (Å²) in [5.74, 6) is 0. The predicted octanol–water partition coefficient (Wildman–Crippen LogP) is 3.48. The molecule has 0 spiro atoms. The van der Waals surface area contributed by atoms with Crippen molar-refractivity contribution in [3.63, 3.8) is 0 Å². The van der Waals surface area contributed by atoms with Gasteiger partial charge in [0.25, 0.3) is 0 Å². The van der Waals surface area contributed by atoms with Crippen LogP contribution < -0.4 is 0 Å². The fourth-order valence-corrected chi connectivity index (χ4v) is 2.38. The average Bonchev–Trinajstić information content (AvgIpc) is 3.04. The number of pyridine rings is 1. The van der Waals surface area contributed by atoms with E-state index in [1.807, 2.05) is 22.8 Å². The first-order valence-electron chi connectivity index (χ1n) is 5.92. The van der Waals surface area contributed by atoms with Crippen LogP contribution in [0.4, 0.5) is 0 Å². The van der Waals surface area contributed by atoms with E-state index >= 15 is 0 Å². The van der Waals surface area contributed by atoms with Crippen LogP contribution in [0.1, 0.15) is 0 Å². The third-order valence-electron chi connectivity index (χ3n) is 3.30. The number of aromatic amines is 1. The van der Waals surface area contributed by atoms with Gasteiger partial charge in [0.2, 0.25) is 0 Å². The van der Waals surface area contributed by atoms with E-state index in [9.17, 15) is 0 Å². The largest absolute Gasteiger partial charge is 0.361 e. The van der Waals surface area contributed by atoms with Crippen molar-refractivity contribution in [2.45, 2.75) is 0 Å². The minimum Gasteiger partial charge on any atom is -0.361 e. The van der Waals surface area contributed by atoms with Crippen LogP contribution in [0.5, 0.6) is 0 Å². The van der Waals surface area contributed by atoms with Crippen molar-refractivity contribution in [1.82, 2.24) is 14.6 Å². The number of para-hydroxylation sites is 1. The predicted molar refractivity (Wildman–Crippen MR) is 72.5 cm³/mol. The van der Waals surface area contributed by atoms with E-state index in [1.165, 1.54) is 16.5 Å². The number of rotatable bonds is 1. The van der Waals surface area contributed by atoms with E-state index in [0.717, 1.165) is 11.0 Å². The van der Waals surface area contributed by atoms with Crippen LogP contribution in [0.3, 0.4) is 0 Å². The summed E-state index contributed by atoms with van der Waals surface area (Å²) in [7, 11) is 0. The minimum absolute atomic E-state index is 1.11. The molecule has 4 rings (SSSR count).